The Hall–Kier alpha value is -4.15. The smallest absolute Gasteiger partial charge is 0.416 e. The van der Waals surface area contributed by atoms with E-state index in [4.69, 9.17) is 11.5 Å². The number of ether oxygens (including phenoxy) is 1. The zero-order valence-electron chi connectivity index (χ0n) is 18.1. The summed E-state index contributed by atoms with van der Waals surface area (Å²) in [5.41, 5.74) is 9.87. The Labute approximate surface area is 195 Å². The predicted octanol–water partition coefficient (Wildman–Crippen LogP) is 3.76. The summed E-state index contributed by atoms with van der Waals surface area (Å²) in [7, 11) is 1.24. The first kappa shape index (κ1) is 25.5. The van der Waals surface area contributed by atoms with Crippen molar-refractivity contribution in [1.29, 1.82) is 0 Å². The maximum atomic E-state index is 13.2. The van der Waals surface area contributed by atoms with Crippen LogP contribution < -0.4 is 27.2 Å². The normalized spacial score (nSPS) is 13.7. The Morgan fingerprint density at radius 3 is 1.74 bits per heavy atom. The van der Waals surface area contributed by atoms with Gasteiger partial charge in [-0.3, -0.25) is 0 Å². The first-order chi connectivity index (χ1) is 16.3. The largest absolute Gasteiger partial charge is 0.465 e. The third-order valence-electron chi connectivity index (χ3n) is 4.99. The summed E-state index contributed by atoms with van der Waals surface area (Å²) in [5.74, 6) is -0.765. The minimum absolute atomic E-state index is 0.0269. The van der Waals surface area contributed by atoms with Crippen LogP contribution in [0.15, 0.2) is 66.7 Å². The molecule has 5 nitrogen and oxygen atoms in total. The predicted molar refractivity (Wildman–Crippen MR) is 118 cm³/mol. The highest BCUT2D eigenvalue weighted by molar-refractivity contribution is 5.89. The first-order valence-electron chi connectivity index (χ1n) is 9.91. The molecule has 0 amide bonds. The molecular formula is C24H19F6N3O2. The lowest BCUT2D eigenvalue weighted by atomic mass is 10.1. The van der Waals surface area contributed by atoms with Crippen LogP contribution in [0.3, 0.4) is 0 Å². The van der Waals surface area contributed by atoms with Crippen LogP contribution >= 0.6 is 0 Å². The maximum absolute atomic E-state index is 13.2. The average Bonchev–Trinajstić information content (AvgIpc) is 2.82. The van der Waals surface area contributed by atoms with E-state index in [1.807, 2.05) is 0 Å². The first-order valence-corrected chi connectivity index (χ1v) is 9.91. The number of hydrogen-bond donors (Lipinski definition) is 3. The highest BCUT2D eigenvalue weighted by Crippen LogP contribution is 2.37. The molecule has 35 heavy (non-hydrogen) atoms. The SMILES string of the molecule is COC(=O)c1ccc(/C(N)=c2\cccc\c2=C(\N)Nc2cc(C(F)(F)F)cc(C(F)(F)F)c2)cc1. The fraction of sp³-hybridized carbons (Fsp3) is 0.125. The van der Waals surface area contributed by atoms with Gasteiger partial charge in [0.1, 0.15) is 5.82 Å². The zero-order chi connectivity index (χ0) is 26.0. The molecule has 0 aromatic heterocycles. The van der Waals surface area contributed by atoms with E-state index < -0.39 is 35.1 Å². The number of rotatable bonds is 4. The molecule has 0 unspecified atom stereocenters. The summed E-state index contributed by atoms with van der Waals surface area (Å²) < 4.78 is 83.7. The van der Waals surface area contributed by atoms with Crippen molar-refractivity contribution in [1.82, 2.24) is 0 Å². The van der Waals surface area contributed by atoms with E-state index in [2.05, 4.69) is 10.1 Å². The highest BCUT2D eigenvalue weighted by Gasteiger charge is 2.37. The Balaban J connectivity index is 2.14. The second kappa shape index (κ2) is 9.61. The molecule has 3 aromatic carbocycles. The molecule has 0 atom stereocenters. The molecule has 0 aliphatic rings. The van der Waals surface area contributed by atoms with Crippen molar-refractivity contribution in [2.75, 3.05) is 12.4 Å². The van der Waals surface area contributed by atoms with Crippen LogP contribution in [0.2, 0.25) is 0 Å². The van der Waals surface area contributed by atoms with E-state index in [-0.39, 0.29) is 28.4 Å². The number of nitrogens with one attached hydrogen (secondary N) is 1. The van der Waals surface area contributed by atoms with Crippen LogP contribution in [0.4, 0.5) is 32.0 Å². The van der Waals surface area contributed by atoms with Crippen LogP contribution in [0.5, 0.6) is 0 Å². The van der Waals surface area contributed by atoms with Gasteiger partial charge in [-0.15, -0.1) is 0 Å². The summed E-state index contributed by atoms with van der Waals surface area (Å²) in [6.45, 7) is 0. The molecule has 0 fully saturated rings. The number of esters is 1. The highest BCUT2D eigenvalue weighted by atomic mass is 19.4. The number of alkyl halides is 6. The Kier molecular flexibility index (Phi) is 6.99. The van der Waals surface area contributed by atoms with Gasteiger partial charge in [0.05, 0.1) is 23.8 Å². The molecule has 184 valence electrons. The van der Waals surface area contributed by atoms with Gasteiger partial charge in [-0.1, -0.05) is 36.4 Å². The standard InChI is InChI=1S/C24H19F6N3O2/c1-35-22(34)14-8-6-13(7-9-14)20(31)18-4-2-3-5-19(18)21(32)33-17-11-15(23(25,26)27)10-16(12-17)24(28,29)30/h2-12,33H,31-32H2,1H3/b20-18-,21-19+. The van der Waals surface area contributed by atoms with Crippen LogP contribution in [0.25, 0.3) is 11.5 Å². The molecule has 5 N–H and O–H groups in total. The number of carbonyl (C=O) groups is 1. The number of nitrogens with two attached hydrogens (primary N) is 2. The van der Waals surface area contributed by atoms with E-state index in [1.54, 1.807) is 30.3 Å². The van der Waals surface area contributed by atoms with Crippen LogP contribution in [0.1, 0.15) is 27.0 Å². The summed E-state index contributed by atoms with van der Waals surface area (Å²) in [4.78, 5) is 11.6. The topological polar surface area (TPSA) is 90.4 Å². The number of hydrogen-bond acceptors (Lipinski definition) is 5. The molecule has 11 heteroatoms. The Bertz CT molecular complexity index is 1330. The fourth-order valence-corrected chi connectivity index (χ4v) is 3.26. The van der Waals surface area contributed by atoms with Crippen LogP contribution in [0, 0.1) is 0 Å². The molecule has 0 saturated heterocycles. The summed E-state index contributed by atoms with van der Waals surface area (Å²) in [6.07, 6.45) is -10.0. The van der Waals surface area contributed by atoms with Crippen molar-refractivity contribution in [3.05, 3.63) is 99.4 Å². The van der Waals surface area contributed by atoms with Gasteiger partial charge in [0.15, 0.2) is 0 Å². The molecule has 0 aliphatic carbocycles. The van der Waals surface area contributed by atoms with Gasteiger partial charge >= 0.3 is 18.3 Å². The molecule has 0 heterocycles. The lowest BCUT2D eigenvalue weighted by Gasteiger charge is -2.15. The number of benzene rings is 3. The minimum atomic E-state index is -5.00. The average molecular weight is 495 g/mol. The van der Waals surface area contributed by atoms with E-state index in [9.17, 15) is 31.1 Å². The number of anilines is 1. The monoisotopic (exact) mass is 495 g/mol. The van der Waals surface area contributed by atoms with Gasteiger partial charge in [0.25, 0.3) is 0 Å². The van der Waals surface area contributed by atoms with E-state index in [1.165, 1.54) is 25.3 Å². The summed E-state index contributed by atoms with van der Waals surface area (Å²) in [6, 6.07) is 13.5. The molecule has 0 spiro atoms. The van der Waals surface area contributed by atoms with E-state index in [0.717, 1.165) is 0 Å². The zero-order valence-corrected chi connectivity index (χ0v) is 18.1. The lowest BCUT2D eigenvalue weighted by molar-refractivity contribution is -0.143. The summed E-state index contributed by atoms with van der Waals surface area (Å²) in [5, 5.41) is 3.04. The molecule has 0 saturated carbocycles. The maximum Gasteiger partial charge on any atom is 0.416 e. The van der Waals surface area contributed by atoms with Gasteiger partial charge in [-0.05, 0) is 35.9 Å². The number of carbonyl (C=O) groups excluding carboxylic acids is 1. The van der Waals surface area contributed by atoms with Crippen molar-refractivity contribution in [3.8, 4) is 0 Å². The molecule has 0 bridgehead atoms. The minimum Gasteiger partial charge on any atom is -0.465 e. The molecule has 3 rings (SSSR count). The fourth-order valence-electron chi connectivity index (χ4n) is 3.26. The third-order valence-corrected chi connectivity index (χ3v) is 4.99. The van der Waals surface area contributed by atoms with Gasteiger partial charge < -0.3 is 21.5 Å². The van der Waals surface area contributed by atoms with Crippen LogP contribution in [-0.2, 0) is 17.1 Å². The second-order valence-corrected chi connectivity index (χ2v) is 7.36. The number of halogens is 6. The van der Waals surface area contributed by atoms with Crippen molar-refractivity contribution in [2.45, 2.75) is 12.4 Å². The van der Waals surface area contributed by atoms with Gasteiger partial charge in [0, 0.05) is 21.8 Å². The number of methoxy groups -OCH3 is 1. The van der Waals surface area contributed by atoms with Gasteiger partial charge in [-0.25, -0.2) is 4.79 Å². The lowest BCUT2D eigenvalue weighted by Crippen LogP contribution is -2.35. The van der Waals surface area contributed by atoms with E-state index in [0.29, 0.717) is 22.9 Å². The summed E-state index contributed by atoms with van der Waals surface area (Å²) >= 11 is 0. The van der Waals surface area contributed by atoms with Crippen molar-refractivity contribution in [2.24, 2.45) is 11.5 Å². The molecule has 0 radical (unpaired) electrons. The quantitative estimate of drug-likeness (QED) is 0.379. The second-order valence-electron chi connectivity index (χ2n) is 7.36. The third kappa shape index (κ3) is 5.86. The van der Waals surface area contributed by atoms with E-state index >= 15 is 0 Å². The van der Waals surface area contributed by atoms with Crippen LogP contribution in [-0.4, -0.2) is 13.1 Å². The molecular weight excluding hydrogens is 476 g/mol. The van der Waals surface area contributed by atoms with Crippen molar-refractivity contribution in [3.63, 3.8) is 0 Å². The molecule has 0 aliphatic heterocycles. The Morgan fingerprint density at radius 2 is 1.26 bits per heavy atom. The van der Waals surface area contributed by atoms with Gasteiger partial charge in [0.2, 0.25) is 0 Å². The molecule has 3 aromatic rings. The van der Waals surface area contributed by atoms with Gasteiger partial charge in [-0.2, -0.15) is 26.3 Å². The van der Waals surface area contributed by atoms with Crippen molar-refractivity contribution >= 4 is 23.2 Å². The Morgan fingerprint density at radius 1 is 0.771 bits per heavy atom. The van der Waals surface area contributed by atoms with Crippen molar-refractivity contribution < 1.29 is 35.9 Å².